The van der Waals surface area contributed by atoms with E-state index >= 15 is 0 Å². The van der Waals surface area contributed by atoms with Crippen LogP contribution in [0.5, 0.6) is 0 Å². The van der Waals surface area contributed by atoms with Gasteiger partial charge in [-0.05, 0) is 69.4 Å². The van der Waals surface area contributed by atoms with E-state index in [2.05, 4.69) is 15.5 Å². The van der Waals surface area contributed by atoms with Crippen molar-refractivity contribution in [3.8, 4) is 0 Å². The average Bonchev–Trinajstić information content (AvgIpc) is 2.83. The first-order valence-electron chi connectivity index (χ1n) is 12.1. The SMILES string of the molecule is CN(C)c1nc(N[C@H]2CC[C@@H](CNC(=O)c3ccccc3SC(F)F)CC2)nc2c1CCCC2. The van der Waals surface area contributed by atoms with Crippen molar-refractivity contribution in [3.05, 3.63) is 41.1 Å². The Bertz CT molecular complexity index is 995. The highest BCUT2D eigenvalue weighted by atomic mass is 32.2. The maximum Gasteiger partial charge on any atom is 0.288 e. The summed E-state index contributed by atoms with van der Waals surface area (Å²) in [5.74, 6) is -0.728. The highest BCUT2D eigenvalue weighted by Crippen LogP contribution is 2.31. The van der Waals surface area contributed by atoms with Gasteiger partial charge in [0.2, 0.25) is 5.95 Å². The molecule has 4 rings (SSSR count). The van der Waals surface area contributed by atoms with Crippen LogP contribution in [0.3, 0.4) is 0 Å². The molecule has 2 aliphatic rings. The van der Waals surface area contributed by atoms with Crippen LogP contribution in [0, 0.1) is 5.92 Å². The van der Waals surface area contributed by atoms with Crippen molar-refractivity contribution < 1.29 is 13.6 Å². The molecule has 1 amide bonds. The van der Waals surface area contributed by atoms with E-state index < -0.39 is 5.76 Å². The Kier molecular flexibility index (Phi) is 8.24. The third-order valence-corrected chi connectivity index (χ3v) is 7.45. The van der Waals surface area contributed by atoms with Gasteiger partial charge in [-0.2, -0.15) is 13.8 Å². The van der Waals surface area contributed by atoms with E-state index in [-0.39, 0.29) is 5.91 Å². The maximum absolute atomic E-state index is 12.8. The number of fused-ring (bicyclic) bond motifs is 1. The lowest BCUT2D eigenvalue weighted by Gasteiger charge is -2.30. The van der Waals surface area contributed by atoms with Crippen molar-refractivity contribution >= 4 is 29.4 Å². The van der Waals surface area contributed by atoms with Crippen LogP contribution >= 0.6 is 11.8 Å². The molecule has 2 aliphatic carbocycles. The minimum absolute atomic E-state index is 0.289. The Balaban J connectivity index is 1.29. The Morgan fingerprint density at radius 1 is 1.12 bits per heavy atom. The molecule has 0 spiro atoms. The number of aryl methyl sites for hydroxylation is 1. The van der Waals surface area contributed by atoms with Gasteiger partial charge in [0.15, 0.2) is 0 Å². The number of carbonyl (C=O) groups is 1. The van der Waals surface area contributed by atoms with Crippen LogP contribution in [-0.2, 0) is 12.8 Å². The largest absolute Gasteiger partial charge is 0.362 e. The van der Waals surface area contributed by atoms with Gasteiger partial charge in [0.1, 0.15) is 5.82 Å². The normalized spacial score (nSPS) is 20.0. The fourth-order valence-electron chi connectivity index (χ4n) is 4.89. The van der Waals surface area contributed by atoms with Gasteiger partial charge in [0.05, 0.1) is 11.3 Å². The number of hydrogen-bond donors (Lipinski definition) is 2. The summed E-state index contributed by atoms with van der Waals surface area (Å²) in [6.07, 6.45) is 8.36. The number of benzene rings is 1. The van der Waals surface area contributed by atoms with Crippen LogP contribution in [0.4, 0.5) is 20.5 Å². The Labute approximate surface area is 204 Å². The molecule has 2 aromatic rings. The summed E-state index contributed by atoms with van der Waals surface area (Å²) in [5, 5.41) is 6.51. The van der Waals surface area contributed by atoms with Crippen LogP contribution in [0.15, 0.2) is 29.2 Å². The number of rotatable bonds is 8. The summed E-state index contributed by atoms with van der Waals surface area (Å²) in [5.41, 5.74) is 2.77. The van der Waals surface area contributed by atoms with Crippen molar-refractivity contribution in [1.29, 1.82) is 0 Å². The van der Waals surface area contributed by atoms with Crippen LogP contribution in [0.25, 0.3) is 0 Å². The number of amides is 1. The second kappa shape index (κ2) is 11.3. The fraction of sp³-hybridized carbons (Fsp3) is 0.560. The molecule has 1 saturated carbocycles. The first kappa shape index (κ1) is 24.7. The predicted octanol–water partition coefficient (Wildman–Crippen LogP) is 5.14. The quantitative estimate of drug-likeness (QED) is 0.501. The van der Waals surface area contributed by atoms with E-state index in [4.69, 9.17) is 9.97 Å². The minimum Gasteiger partial charge on any atom is -0.362 e. The molecule has 0 saturated heterocycles. The van der Waals surface area contributed by atoms with Crippen LogP contribution < -0.4 is 15.5 Å². The molecule has 2 N–H and O–H groups in total. The fourth-order valence-corrected chi connectivity index (χ4v) is 5.52. The second-order valence-electron chi connectivity index (χ2n) is 9.34. The first-order valence-corrected chi connectivity index (χ1v) is 12.9. The van der Waals surface area contributed by atoms with Crippen molar-refractivity contribution in [2.24, 2.45) is 5.92 Å². The molecule has 0 aliphatic heterocycles. The van der Waals surface area contributed by atoms with E-state index in [1.807, 2.05) is 14.1 Å². The van der Waals surface area contributed by atoms with E-state index in [0.717, 1.165) is 44.3 Å². The predicted molar refractivity (Wildman–Crippen MR) is 133 cm³/mol. The number of carbonyl (C=O) groups excluding carboxylic acids is 1. The molecule has 0 atom stereocenters. The molecule has 1 aromatic carbocycles. The number of nitrogens with one attached hydrogen (secondary N) is 2. The van der Waals surface area contributed by atoms with Gasteiger partial charge in [0.25, 0.3) is 11.7 Å². The summed E-state index contributed by atoms with van der Waals surface area (Å²) in [6, 6.07) is 6.84. The number of hydrogen-bond acceptors (Lipinski definition) is 6. The number of halogens is 2. The van der Waals surface area contributed by atoms with Crippen molar-refractivity contribution in [3.63, 3.8) is 0 Å². The number of thioether (sulfide) groups is 1. The van der Waals surface area contributed by atoms with E-state index in [9.17, 15) is 13.6 Å². The van der Waals surface area contributed by atoms with Crippen LogP contribution in [0.1, 0.15) is 60.1 Å². The Morgan fingerprint density at radius 2 is 1.85 bits per heavy atom. The molecule has 1 heterocycles. The lowest BCUT2D eigenvalue weighted by Crippen LogP contribution is -2.34. The van der Waals surface area contributed by atoms with E-state index in [1.54, 1.807) is 24.3 Å². The molecule has 184 valence electrons. The molecule has 1 aromatic heterocycles. The van der Waals surface area contributed by atoms with Gasteiger partial charge < -0.3 is 15.5 Å². The number of aromatic nitrogens is 2. The Hall–Kier alpha value is -2.42. The van der Waals surface area contributed by atoms with E-state index in [0.29, 0.717) is 46.7 Å². The van der Waals surface area contributed by atoms with Gasteiger partial charge in [-0.1, -0.05) is 23.9 Å². The molecule has 1 fully saturated rings. The summed E-state index contributed by atoms with van der Waals surface area (Å²) in [6.45, 7) is 0.555. The summed E-state index contributed by atoms with van der Waals surface area (Å²) < 4.78 is 25.6. The maximum atomic E-state index is 12.8. The van der Waals surface area contributed by atoms with Crippen LogP contribution in [-0.4, -0.2) is 48.3 Å². The molecule has 0 unspecified atom stereocenters. The minimum atomic E-state index is -2.55. The lowest BCUT2D eigenvalue weighted by molar-refractivity contribution is 0.0940. The van der Waals surface area contributed by atoms with Crippen molar-refractivity contribution in [2.45, 2.75) is 68.1 Å². The second-order valence-corrected chi connectivity index (χ2v) is 10.4. The molecule has 9 heteroatoms. The lowest BCUT2D eigenvalue weighted by atomic mass is 9.86. The van der Waals surface area contributed by atoms with E-state index in [1.165, 1.54) is 24.1 Å². The number of anilines is 2. The smallest absolute Gasteiger partial charge is 0.288 e. The van der Waals surface area contributed by atoms with Gasteiger partial charge in [-0.25, -0.2) is 4.98 Å². The van der Waals surface area contributed by atoms with Gasteiger partial charge in [0, 0.05) is 37.1 Å². The average molecular weight is 490 g/mol. The van der Waals surface area contributed by atoms with Crippen molar-refractivity contribution in [2.75, 3.05) is 30.9 Å². The van der Waals surface area contributed by atoms with Crippen LogP contribution in [0.2, 0.25) is 0 Å². The summed E-state index contributed by atoms with van der Waals surface area (Å²) in [7, 11) is 4.07. The number of alkyl halides is 2. The zero-order chi connectivity index (χ0) is 24.1. The molecule has 6 nitrogen and oxygen atoms in total. The van der Waals surface area contributed by atoms with Gasteiger partial charge in [-0.15, -0.1) is 0 Å². The van der Waals surface area contributed by atoms with Gasteiger partial charge >= 0.3 is 0 Å². The van der Waals surface area contributed by atoms with Gasteiger partial charge in [-0.3, -0.25) is 4.79 Å². The highest BCUT2D eigenvalue weighted by molar-refractivity contribution is 7.99. The highest BCUT2D eigenvalue weighted by Gasteiger charge is 2.25. The first-order chi connectivity index (χ1) is 16.4. The topological polar surface area (TPSA) is 70.2 Å². The molecule has 0 radical (unpaired) electrons. The zero-order valence-corrected chi connectivity index (χ0v) is 20.6. The summed E-state index contributed by atoms with van der Waals surface area (Å²) in [4.78, 5) is 24.6. The van der Waals surface area contributed by atoms with Crippen molar-refractivity contribution in [1.82, 2.24) is 15.3 Å². The molecule has 0 bridgehead atoms. The third-order valence-electron chi connectivity index (χ3n) is 6.66. The monoisotopic (exact) mass is 489 g/mol. The molecular formula is C25H33F2N5OS. The third kappa shape index (κ3) is 6.17. The standard InChI is InChI=1S/C25H33F2N5OS/c1-32(2)22-18-7-3-5-9-20(18)30-25(31-22)29-17-13-11-16(12-14-17)15-28-23(33)19-8-4-6-10-21(19)34-24(26)27/h4,6,8,10,16-17,24H,3,5,7,9,11-15H2,1-2H3,(H,28,33)(H,29,30,31)/t16-,17+. The summed E-state index contributed by atoms with van der Waals surface area (Å²) >= 11 is 0.410. The zero-order valence-electron chi connectivity index (χ0n) is 19.8. The Morgan fingerprint density at radius 3 is 2.59 bits per heavy atom. The molecular weight excluding hydrogens is 456 g/mol. The number of nitrogens with zero attached hydrogens (tertiary/aromatic N) is 3. The molecule has 34 heavy (non-hydrogen) atoms.